The highest BCUT2D eigenvalue weighted by Crippen LogP contribution is 2.28. The van der Waals surface area contributed by atoms with E-state index in [1.807, 2.05) is 0 Å². The fraction of sp³-hybridized carbons (Fsp3) is 0.294. The number of anilines is 1. The zero-order valence-electron chi connectivity index (χ0n) is 12.0. The maximum Gasteiger partial charge on any atom is 0.125 e. The standard InChI is InChI=1S/C17H19BrFN/c1-11(2)13-4-6-14(7-5-13)12(3)20-17-10-15(19)8-9-16(17)18/h4-12,20H,1-3H3. The van der Waals surface area contributed by atoms with Crippen molar-refractivity contribution >= 4 is 21.6 Å². The molecule has 1 nitrogen and oxygen atoms in total. The Bertz CT molecular complexity index is 578. The molecule has 1 atom stereocenters. The fourth-order valence-electron chi connectivity index (χ4n) is 2.09. The zero-order valence-corrected chi connectivity index (χ0v) is 13.5. The minimum atomic E-state index is -0.238. The monoisotopic (exact) mass is 335 g/mol. The number of hydrogen-bond acceptors (Lipinski definition) is 1. The molecule has 0 aliphatic rings. The van der Waals surface area contributed by atoms with E-state index < -0.39 is 0 Å². The van der Waals surface area contributed by atoms with Crippen LogP contribution in [0.4, 0.5) is 10.1 Å². The van der Waals surface area contributed by atoms with Crippen LogP contribution in [0.3, 0.4) is 0 Å². The summed E-state index contributed by atoms with van der Waals surface area (Å²) in [6.45, 7) is 6.43. The summed E-state index contributed by atoms with van der Waals surface area (Å²) in [7, 11) is 0. The van der Waals surface area contributed by atoms with Crippen molar-refractivity contribution in [2.45, 2.75) is 32.7 Å². The van der Waals surface area contributed by atoms with Crippen molar-refractivity contribution in [2.24, 2.45) is 0 Å². The Morgan fingerprint density at radius 1 is 0.950 bits per heavy atom. The van der Waals surface area contributed by atoms with Crippen molar-refractivity contribution in [2.75, 3.05) is 5.32 Å². The van der Waals surface area contributed by atoms with Crippen LogP contribution in [0.1, 0.15) is 43.9 Å². The number of benzene rings is 2. The Kier molecular flexibility index (Phi) is 4.81. The molecule has 2 rings (SSSR count). The second-order valence-corrected chi connectivity index (χ2v) is 6.17. The van der Waals surface area contributed by atoms with Gasteiger partial charge in [-0.15, -0.1) is 0 Å². The SMILES string of the molecule is CC(C)c1ccc(C(C)Nc2cc(F)ccc2Br)cc1. The van der Waals surface area contributed by atoms with Crippen molar-refractivity contribution < 1.29 is 4.39 Å². The lowest BCUT2D eigenvalue weighted by Gasteiger charge is -2.18. The Labute approximate surface area is 128 Å². The van der Waals surface area contributed by atoms with Gasteiger partial charge in [-0.1, -0.05) is 38.1 Å². The van der Waals surface area contributed by atoms with E-state index in [1.54, 1.807) is 6.07 Å². The average molecular weight is 336 g/mol. The summed E-state index contributed by atoms with van der Waals surface area (Å²) >= 11 is 3.43. The smallest absolute Gasteiger partial charge is 0.125 e. The number of halogens is 2. The Morgan fingerprint density at radius 2 is 1.55 bits per heavy atom. The van der Waals surface area contributed by atoms with Gasteiger partial charge in [0, 0.05) is 10.5 Å². The molecule has 0 saturated heterocycles. The normalized spacial score (nSPS) is 12.5. The van der Waals surface area contributed by atoms with Crippen LogP contribution >= 0.6 is 15.9 Å². The molecule has 0 aromatic heterocycles. The Balaban J connectivity index is 2.15. The summed E-state index contributed by atoms with van der Waals surface area (Å²) in [4.78, 5) is 0. The van der Waals surface area contributed by atoms with Crippen LogP contribution in [0.15, 0.2) is 46.9 Å². The van der Waals surface area contributed by atoms with E-state index in [2.05, 4.69) is 66.3 Å². The third-order valence-corrected chi connectivity index (χ3v) is 4.10. The molecule has 0 bridgehead atoms. The van der Waals surface area contributed by atoms with Crippen LogP contribution in [0.2, 0.25) is 0 Å². The summed E-state index contributed by atoms with van der Waals surface area (Å²) in [6, 6.07) is 13.3. The third kappa shape index (κ3) is 3.60. The van der Waals surface area contributed by atoms with Gasteiger partial charge in [0.1, 0.15) is 5.82 Å². The molecule has 0 heterocycles. The third-order valence-electron chi connectivity index (χ3n) is 3.40. The second kappa shape index (κ2) is 6.40. The highest BCUT2D eigenvalue weighted by molar-refractivity contribution is 9.10. The van der Waals surface area contributed by atoms with Crippen molar-refractivity contribution in [1.82, 2.24) is 0 Å². The lowest BCUT2D eigenvalue weighted by Crippen LogP contribution is -2.07. The van der Waals surface area contributed by atoms with E-state index in [4.69, 9.17) is 0 Å². The molecule has 0 fully saturated rings. The summed E-state index contributed by atoms with van der Waals surface area (Å²) in [5, 5.41) is 3.33. The van der Waals surface area contributed by atoms with Crippen LogP contribution in [0.5, 0.6) is 0 Å². The maximum absolute atomic E-state index is 13.3. The predicted octanol–water partition coefficient (Wildman–Crippen LogP) is 5.88. The first-order valence-corrected chi connectivity index (χ1v) is 7.58. The second-order valence-electron chi connectivity index (χ2n) is 5.31. The maximum atomic E-state index is 13.3. The lowest BCUT2D eigenvalue weighted by molar-refractivity contribution is 0.627. The number of nitrogens with one attached hydrogen (secondary N) is 1. The largest absolute Gasteiger partial charge is 0.378 e. The summed E-state index contributed by atoms with van der Waals surface area (Å²) in [5.41, 5.74) is 3.28. The molecule has 2 aromatic rings. The van der Waals surface area contributed by atoms with Gasteiger partial charge >= 0.3 is 0 Å². The topological polar surface area (TPSA) is 12.0 Å². The van der Waals surface area contributed by atoms with Gasteiger partial charge in [0.25, 0.3) is 0 Å². The van der Waals surface area contributed by atoms with Gasteiger partial charge in [0.05, 0.1) is 5.69 Å². The zero-order chi connectivity index (χ0) is 14.7. The molecular weight excluding hydrogens is 317 g/mol. The van der Waals surface area contributed by atoms with Crippen molar-refractivity contribution in [3.63, 3.8) is 0 Å². The molecular formula is C17H19BrFN. The highest BCUT2D eigenvalue weighted by atomic mass is 79.9. The molecule has 3 heteroatoms. The first-order valence-electron chi connectivity index (χ1n) is 6.79. The molecule has 1 unspecified atom stereocenters. The van der Waals surface area contributed by atoms with Crippen molar-refractivity contribution in [1.29, 1.82) is 0 Å². The quantitative estimate of drug-likeness (QED) is 0.735. The molecule has 0 aliphatic heterocycles. The molecule has 0 saturated carbocycles. The molecule has 2 aromatic carbocycles. The van der Waals surface area contributed by atoms with Gasteiger partial charge in [0.2, 0.25) is 0 Å². The fourth-order valence-corrected chi connectivity index (χ4v) is 2.46. The van der Waals surface area contributed by atoms with Crippen molar-refractivity contribution in [3.8, 4) is 0 Å². The number of hydrogen-bond donors (Lipinski definition) is 1. The minimum Gasteiger partial charge on any atom is -0.378 e. The molecule has 0 spiro atoms. The van der Waals surface area contributed by atoms with E-state index >= 15 is 0 Å². The van der Waals surface area contributed by atoms with E-state index in [0.29, 0.717) is 5.92 Å². The molecule has 106 valence electrons. The Hall–Kier alpha value is -1.35. The minimum absolute atomic E-state index is 0.120. The molecule has 0 aliphatic carbocycles. The summed E-state index contributed by atoms with van der Waals surface area (Å²) in [6.07, 6.45) is 0. The lowest BCUT2D eigenvalue weighted by atomic mass is 9.99. The van der Waals surface area contributed by atoms with E-state index in [1.165, 1.54) is 23.3 Å². The van der Waals surface area contributed by atoms with Gasteiger partial charge in [-0.05, 0) is 58.1 Å². The molecule has 20 heavy (non-hydrogen) atoms. The first kappa shape index (κ1) is 15.0. The highest BCUT2D eigenvalue weighted by Gasteiger charge is 2.09. The van der Waals surface area contributed by atoms with Crippen molar-refractivity contribution in [3.05, 3.63) is 63.9 Å². The van der Waals surface area contributed by atoms with Gasteiger partial charge in [-0.3, -0.25) is 0 Å². The molecule has 0 amide bonds. The van der Waals surface area contributed by atoms with Gasteiger partial charge in [-0.2, -0.15) is 0 Å². The first-order chi connectivity index (χ1) is 9.47. The summed E-state index contributed by atoms with van der Waals surface area (Å²) < 4.78 is 14.1. The van der Waals surface area contributed by atoms with Crippen LogP contribution in [0, 0.1) is 5.82 Å². The summed E-state index contributed by atoms with van der Waals surface area (Å²) in [5.74, 6) is 0.294. The number of rotatable bonds is 4. The molecule has 1 N–H and O–H groups in total. The van der Waals surface area contributed by atoms with Crippen LogP contribution in [-0.4, -0.2) is 0 Å². The molecule has 0 radical (unpaired) electrons. The van der Waals surface area contributed by atoms with E-state index in [9.17, 15) is 4.39 Å². The van der Waals surface area contributed by atoms with Crippen LogP contribution in [0.25, 0.3) is 0 Å². The van der Waals surface area contributed by atoms with Gasteiger partial charge < -0.3 is 5.32 Å². The van der Waals surface area contributed by atoms with Gasteiger partial charge in [0.15, 0.2) is 0 Å². The predicted molar refractivity (Wildman–Crippen MR) is 86.7 cm³/mol. The average Bonchev–Trinajstić information content (AvgIpc) is 2.43. The van der Waals surface area contributed by atoms with E-state index in [-0.39, 0.29) is 11.9 Å². The van der Waals surface area contributed by atoms with Gasteiger partial charge in [-0.25, -0.2) is 4.39 Å². The van der Waals surface area contributed by atoms with Crippen LogP contribution < -0.4 is 5.32 Å². The van der Waals surface area contributed by atoms with E-state index in [0.717, 1.165) is 10.2 Å². The van der Waals surface area contributed by atoms with Crippen LogP contribution in [-0.2, 0) is 0 Å². The Morgan fingerprint density at radius 3 is 2.15 bits per heavy atom.